The average Bonchev–Trinajstić information content (AvgIpc) is 2.60. The van der Waals surface area contributed by atoms with Crippen LogP contribution in [0, 0.1) is 24.7 Å². The molecular weight excluding hydrogens is 336 g/mol. The maximum Gasteiger partial charge on any atom is 0.189 e. The second-order valence-corrected chi connectivity index (χ2v) is 5.43. The van der Waals surface area contributed by atoms with Gasteiger partial charge in [0.1, 0.15) is 0 Å². The fourth-order valence-electron chi connectivity index (χ4n) is 1.81. The minimum atomic E-state index is 0.352. The van der Waals surface area contributed by atoms with E-state index in [0.717, 1.165) is 22.5 Å². The van der Waals surface area contributed by atoms with Gasteiger partial charge in [-0.3, -0.25) is 10.9 Å². The third kappa shape index (κ3) is 5.29. The molecule has 0 heterocycles. The van der Waals surface area contributed by atoms with Gasteiger partial charge in [0.15, 0.2) is 10.2 Å². The van der Waals surface area contributed by atoms with Crippen molar-refractivity contribution in [2.45, 2.75) is 0 Å². The topological polar surface area (TPSA) is 48.1 Å². The molecule has 0 amide bonds. The van der Waals surface area contributed by atoms with Crippen LogP contribution in [0.1, 0.15) is 11.1 Å². The van der Waals surface area contributed by atoms with Gasteiger partial charge in [-0.1, -0.05) is 24.0 Å². The summed E-state index contributed by atoms with van der Waals surface area (Å²) in [5.74, 6) is 5.13. The van der Waals surface area contributed by atoms with Gasteiger partial charge in [0.2, 0.25) is 0 Å². The lowest BCUT2D eigenvalue weighted by molar-refractivity contribution is 0.885. The molecule has 24 heavy (non-hydrogen) atoms. The Bertz CT molecular complexity index is 775. The molecule has 0 aliphatic carbocycles. The number of hydrazine groups is 1. The zero-order valence-corrected chi connectivity index (χ0v) is 14.2. The van der Waals surface area contributed by atoms with Crippen LogP contribution in [-0.4, -0.2) is 10.2 Å². The fraction of sp³-hybridized carbons (Fsp3) is 0. The molecule has 0 aliphatic rings. The fourth-order valence-corrected chi connectivity index (χ4v) is 2.15. The molecule has 4 nitrogen and oxygen atoms in total. The predicted octanol–water partition coefficient (Wildman–Crippen LogP) is 2.84. The van der Waals surface area contributed by atoms with Gasteiger partial charge in [-0.15, -0.1) is 12.8 Å². The van der Waals surface area contributed by atoms with Gasteiger partial charge in [0.05, 0.1) is 0 Å². The minimum absolute atomic E-state index is 0.352. The summed E-state index contributed by atoms with van der Waals surface area (Å²) in [5.41, 5.74) is 8.68. The van der Waals surface area contributed by atoms with E-state index in [-0.39, 0.29) is 0 Å². The molecule has 6 heteroatoms. The van der Waals surface area contributed by atoms with Gasteiger partial charge in [-0.05, 0) is 60.8 Å². The first-order chi connectivity index (χ1) is 11.6. The predicted molar refractivity (Wildman–Crippen MR) is 107 cm³/mol. The van der Waals surface area contributed by atoms with Gasteiger partial charge < -0.3 is 10.6 Å². The maximum atomic E-state index is 5.37. The lowest BCUT2D eigenvalue weighted by Gasteiger charge is -2.14. The molecule has 2 rings (SSSR count). The number of benzene rings is 2. The zero-order valence-electron chi connectivity index (χ0n) is 12.6. The van der Waals surface area contributed by atoms with Crippen LogP contribution in [-0.2, 0) is 0 Å². The van der Waals surface area contributed by atoms with Crippen molar-refractivity contribution in [1.82, 2.24) is 10.9 Å². The van der Waals surface area contributed by atoms with Crippen LogP contribution in [0.5, 0.6) is 0 Å². The van der Waals surface area contributed by atoms with Crippen LogP contribution in [0.15, 0.2) is 48.5 Å². The van der Waals surface area contributed by atoms with Crippen molar-refractivity contribution in [2.24, 2.45) is 0 Å². The molecule has 0 radical (unpaired) electrons. The summed E-state index contributed by atoms with van der Waals surface area (Å²) < 4.78 is 0. The zero-order chi connectivity index (χ0) is 17.4. The van der Waals surface area contributed by atoms with Crippen molar-refractivity contribution in [1.29, 1.82) is 0 Å². The van der Waals surface area contributed by atoms with E-state index in [1.807, 2.05) is 48.5 Å². The van der Waals surface area contributed by atoms with Crippen molar-refractivity contribution in [3.63, 3.8) is 0 Å². The molecule has 2 aromatic carbocycles. The first-order valence-corrected chi connectivity index (χ1v) is 7.69. The molecule has 4 N–H and O–H groups in total. The standard InChI is InChI=1S/C18H14N4S2/c1-3-13-7-5-9-15(11-13)19-17(23)21-22-18(24)20-16-10-6-8-14(4-2)12-16/h1-2,5-12H,(H2,19,21,23)(H2,20,22,24). The summed E-state index contributed by atoms with van der Waals surface area (Å²) >= 11 is 10.4. The van der Waals surface area contributed by atoms with Gasteiger partial charge >= 0.3 is 0 Å². The van der Waals surface area contributed by atoms with Gasteiger partial charge in [0, 0.05) is 22.5 Å². The van der Waals surface area contributed by atoms with Crippen molar-refractivity contribution >= 4 is 46.0 Å². The number of nitrogens with one attached hydrogen (secondary N) is 4. The summed E-state index contributed by atoms with van der Waals surface area (Å²) in [6.07, 6.45) is 10.7. The third-order valence-electron chi connectivity index (χ3n) is 2.86. The first-order valence-electron chi connectivity index (χ1n) is 6.88. The summed E-state index contributed by atoms with van der Waals surface area (Å²) in [4.78, 5) is 0. The number of anilines is 2. The van der Waals surface area contributed by atoms with Gasteiger partial charge in [0.25, 0.3) is 0 Å². The van der Waals surface area contributed by atoms with E-state index in [0.29, 0.717) is 10.2 Å². The van der Waals surface area contributed by atoms with Crippen molar-refractivity contribution in [3.05, 3.63) is 59.7 Å². The van der Waals surface area contributed by atoms with Crippen molar-refractivity contribution < 1.29 is 0 Å². The molecule has 0 saturated heterocycles. The molecule has 2 aromatic rings. The molecular formula is C18H14N4S2. The maximum absolute atomic E-state index is 5.37. The van der Waals surface area contributed by atoms with Gasteiger partial charge in [-0.2, -0.15) is 0 Å². The monoisotopic (exact) mass is 350 g/mol. The van der Waals surface area contributed by atoms with Crippen LogP contribution in [0.2, 0.25) is 0 Å². The summed E-state index contributed by atoms with van der Waals surface area (Å²) in [6, 6.07) is 14.7. The Kier molecular flexibility index (Phi) is 6.16. The minimum Gasteiger partial charge on any atom is -0.331 e. The first kappa shape index (κ1) is 17.3. The van der Waals surface area contributed by atoms with E-state index < -0.39 is 0 Å². The number of rotatable bonds is 2. The quantitative estimate of drug-likeness (QED) is 0.380. The number of thiocarbonyl (C=S) groups is 2. The van der Waals surface area contributed by atoms with E-state index in [1.54, 1.807) is 0 Å². The number of hydrogen-bond donors (Lipinski definition) is 4. The highest BCUT2D eigenvalue weighted by atomic mass is 32.1. The lowest BCUT2D eigenvalue weighted by Crippen LogP contribution is -2.45. The van der Waals surface area contributed by atoms with E-state index >= 15 is 0 Å². The van der Waals surface area contributed by atoms with E-state index in [4.69, 9.17) is 37.3 Å². The van der Waals surface area contributed by atoms with Crippen molar-refractivity contribution in [3.8, 4) is 24.7 Å². The highest BCUT2D eigenvalue weighted by molar-refractivity contribution is 7.81. The molecule has 0 aliphatic heterocycles. The molecule has 0 saturated carbocycles. The van der Waals surface area contributed by atoms with Crippen LogP contribution in [0.3, 0.4) is 0 Å². The third-order valence-corrected chi connectivity index (χ3v) is 3.27. The Morgan fingerprint density at radius 1 is 0.750 bits per heavy atom. The smallest absolute Gasteiger partial charge is 0.189 e. The molecule has 0 fully saturated rings. The summed E-state index contributed by atoms with van der Waals surface area (Å²) in [7, 11) is 0. The highest BCUT2D eigenvalue weighted by Crippen LogP contribution is 2.10. The largest absolute Gasteiger partial charge is 0.331 e. The highest BCUT2D eigenvalue weighted by Gasteiger charge is 2.01. The van der Waals surface area contributed by atoms with Crippen molar-refractivity contribution in [2.75, 3.05) is 10.6 Å². The van der Waals surface area contributed by atoms with E-state index in [1.165, 1.54) is 0 Å². The van der Waals surface area contributed by atoms with Crippen LogP contribution in [0.25, 0.3) is 0 Å². The number of terminal acetylenes is 2. The Balaban J connectivity index is 1.83. The normalized spacial score (nSPS) is 9.08. The Morgan fingerprint density at radius 2 is 1.17 bits per heavy atom. The molecule has 118 valence electrons. The van der Waals surface area contributed by atoms with E-state index in [2.05, 4.69) is 33.3 Å². The van der Waals surface area contributed by atoms with Crippen LogP contribution < -0.4 is 21.5 Å². The van der Waals surface area contributed by atoms with Crippen LogP contribution >= 0.6 is 24.4 Å². The Labute approximate surface area is 152 Å². The SMILES string of the molecule is C#Cc1cccc(NC(=S)NNC(=S)Nc2cccc(C#C)c2)c1. The van der Waals surface area contributed by atoms with Gasteiger partial charge in [-0.25, -0.2) is 0 Å². The number of hydrogen-bond acceptors (Lipinski definition) is 2. The molecule has 0 unspecified atom stereocenters. The Hall–Kier alpha value is -3.06. The average molecular weight is 350 g/mol. The molecule has 0 aromatic heterocycles. The Morgan fingerprint density at radius 3 is 1.54 bits per heavy atom. The summed E-state index contributed by atoms with van der Waals surface area (Å²) in [6.45, 7) is 0. The molecule has 0 atom stereocenters. The summed E-state index contributed by atoms with van der Waals surface area (Å²) in [5, 5.41) is 6.71. The van der Waals surface area contributed by atoms with E-state index in [9.17, 15) is 0 Å². The second kappa shape index (κ2) is 8.54. The molecule has 0 bridgehead atoms. The lowest BCUT2D eigenvalue weighted by atomic mass is 10.2. The van der Waals surface area contributed by atoms with Crippen LogP contribution in [0.4, 0.5) is 11.4 Å². The molecule has 0 spiro atoms. The second-order valence-electron chi connectivity index (χ2n) is 4.61.